The molecule has 1 heterocycles. The molecule has 1 saturated carbocycles. The minimum atomic E-state index is 0.566. The van der Waals surface area contributed by atoms with Crippen molar-refractivity contribution in [3.8, 4) is 11.6 Å². The van der Waals surface area contributed by atoms with Gasteiger partial charge in [0.1, 0.15) is 5.75 Å². The van der Waals surface area contributed by atoms with Gasteiger partial charge >= 0.3 is 0 Å². The molecule has 2 N–H and O–H groups in total. The smallest absolute Gasteiger partial charge is 0.213 e. The van der Waals surface area contributed by atoms with Crippen LogP contribution < -0.4 is 20.1 Å². The topological polar surface area (TPSA) is 67.8 Å². The van der Waals surface area contributed by atoms with Crippen molar-refractivity contribution >= 4 is 5.96 Å². The molecule has 1 aliphatic rings. The van der Waals surface area contributed by atoms with Gasteiger partial charge in [0.2, 0.25) is 5.88 Å². The molecule has 0 atom stereocenters. The van der Waals surface area contributed by atoms with Crippen LogP contribution in [-0.4, -0.2) is 31.7 Å². The summed E-state index contributed by atoms with van der Waals surface area (Å²) in [5.74, 6) is 3.00. The molecule has 0 amide bonds. The summed E-state index contributed by atoms with van der Waals surface area (Å²) in [6.07, 6.45) is 2.57. The van der Waals surface area contributed by atoms with Gasteiger partial charge in [-0.15, -0.1) is 0 Å². The third kappa shape index (κ3) is 5.37. The lowest BCUT2D eigenvalue weighted by Crippen LogP contribution is -2.36. The van der Waals surface area contributed by atoms with E-state index in [1.54, 1.807) is 14.2 Å². The number of benzene rings is 1. The first kappa shape index (κ1) is 18.0. The number of rotatable bonds is 8. The number of hydrogen-bond acceptors (Lipinski definition) is 4. The van der Waals surface area contributed by atoms with Crippen LogP contribution >= 0.6 is 0 Å². The Morgan fingerprint density at radius 2 is 1.92 bits per heavy atom. The Kier molecular flexibility index (Phi) is 6.30. The molecule has 6 heteroatoms. The highest BCUT2D eigenvalue weighted by Crippen LogP contribution is 2.30. The van der Waals surface area contributed by atoms with Gasteiger partial charge in [0.25, 0.3) is 0 Å². The molecular weight excluding hydrogens is 328 g/mol. The Morgan fingerprint density at radius 1 is 1.12 bits per heavy atom. The summed E-state index contributed by atoms with van der Waals surface area (Å²) < 4.78 is 11.1. The highest BCUT2D eigenvalue weighted by atomic mass is 16.5. The van der Waals surface area contributed by atoms with E-state index >= 15 is 0 Å². The summed E-state index contributed by atoms with van der Waals surface area (Å²) in [4.78, 5) is 8.66. The molecule has 3 rings (SSSR count). The zero-order chi connectivity index (χ0) is 18.2. The van der Waals surface area contributed by atoms with Gasteiger partial charge in [0.05, 0.1) is 26.0 Å². The highest BCUT2D eigenvalue weighted by molar-refractivity contribution is 5.79. The molecule has 26 heavy (non-hydrogen) atoms. The van der Waals surface area contributed by atoms with E-state index < -0.39 is 0 Å². The molecule has 0 bridgehead atoms. The van der Waals surface area contributed by atoms with Crippen molar-refractivity contribution in [2.24, 2.45) is 10.9 Å². The number of aromatic nitrogens is 1. The van der Waals surface area contributed by atoms with Crippen LogP contribution in [0.2, 0.25) is 0 Å². The molecule has 1 aromatic carbocycles. The van der Waals surface area contributed by atoms with Crippen molar-refractivity contribution in [1.82, 2.24) is 15.6 Å². The maximum atomic E-state index is 5.96. The molecule has 1 aliphatic carbocycles. The largest absolute Gasteiger partial charge is 0.493 e. The van der Waals surface area contributed by atoms with Gasteiger partial charge in [-0.1, -0.05) is 24.3 Å². The van der Waals surface area contributed by atoms with Gasteiger partial charge in [0.15, 0.2) is 5.96 Å². The van der Waals surface area contributed by atoms with Crippen molar-refractivity contribution in [3.05, 3.63) is 53.7 Å². The Hall–Kier alpha value is -2.76. The molecule has 0 aliphatic heterocycles. The van der Waals surface area contributed by atoms with Gasteiger partial charge in [-0.2, -0.15) is 0 Å². The third-order valence-corrected chi connectivity index (χ3v) is 4.24. The number of para-hydroxylation sites is 1. The van der Waals surface area contributed by atoms with E-state index in [9.17, 15) is 0 Å². The Bertz CT molecular complexity index is 744. The average Bonchev–Trinajstić information content (AvgIpc) is 3.52. The fraction of sp³-hybridized carbons (Fsp3) is 0.400. The predicted octanol–water partition coefficient (Wildman–Crippen LogP) is 2.74. The molecule has 0 saturated heterocycles. The summed E-state index contributed by atoms with van der Waals surface area (Å²) in [6.45, 7) is 2.02. The van der Waals surface area contributed by atoms with Crippen molar-refractivity contribution < 1.29 is 9.47 Å². The van der Waals surface area contributed by atoms with Gasteiger partial charge < -0.3 is 20.1 Å². The third-order valence-electron chi connectivity index (χ3n) is 4.24. The maximum absolute atomic E-state index is 5.96. The summed E-state index contributed by atoms with van der Waals surface area (Å²) in [5, 5.41) is 6.60. The second-order valence-electron chi connectivity index (χ2n) is 6.31. The Balaban J connectivity index is 1.52. The second kappa shape index (κ2) is 9.08. The van der Waals surface area contributed by atoms with Crippen LogP contribution in [0.3, 0.4) is 0 Å². The molecule has 0 radical (unpaired) electrons. The number of hydrogen-bond donors (Lipinski definition) is 2. The summed E-state index contributed by atoms with van der Waals surface area (Å²) in [6, 6.07) is 13.8. The first-order valence-corrected chi connectivity index (χ1v) is 8.93. The van der Waals surface area contributed by atoms with E-state index in [2.05, 4.69) is 26.7 Å². The number of nitrogens with one attached hydrogen (secondary N) is 2. The van der Waals surface area contributed by atoms with E-state index in [4.69, 9.17) is 9.47 Å². The van der Waals surface area contributed by atoms with Crippen LogP contribution in [0.5, 0.6) is 11.6 Å². The molecule has 1 fully saturated rings. The van der Waals surface area contributed by atoms with Crippen LogP contribution in [0, 0.1) is 5.92 Å². The molecule has 2 aromatic rings. The lowest BCUT2D eigenvalue weighted by Gasteiger charge is -2.15. The van der Waals surface area contributed by atoms with E-state index in [1.807, 2.05) is 36.4 Å². The minimum absolute atomic E-state index is 0.566. The lowest BCUT2D eigenvalue weighted by molar-refractivity contribution is 0.296. The zero-order valence-electron chi connectivity index (χ0n) is 15.4. The molecule has 138 valence electrons. The summed E-state index contributed by atoms with van der Waals surface area (Å²) in [7, 11) is 3.37. The number of methoxy groups -OCH3 is 1. The van der Waals surface area contributed by atoms with Gasteiger partial charge in [0, 0.05) is 25.2 Å². The highest BCUT2D eigenvalue weighted by Gasteiger charge is 2.22. The first-order valence-electron chi connectivity index (χ1n) is 8.93. The first-order chi connectivity index (χ1) is 12.8. The van der Waals surface area contributed by atoms with E-state index in [1.165, 1.54) is 12.8 Å². The summed E-state index contributed by atoms with van der Waals surface area (Å²) in [5.41, 5.74) is 2.01. The van der Waals surface area contributed by atoms with Crippen molar-refractivity contribution in [3.63, 3.8) is 0 Å². The average molecular weight is 354 g/mol. The van der Waals surface area contributed by atoms with E-state index in [0.717, 1.165) is 29.5 Å². The molecule has 0 spiro atoms. The van der Waals surface area contributed by atoms with Crippen LogP contribution in [0.1, 0.15) is 24.1 Å². The lowest BCUT2D eigenvalue weighted by atomic mass is 10.2. The van der Waals surface area contributed by atoms with Crippen molar-refractivity contribution in [2.75, 3.05) is 20.8 Å². The predicted molar refractivity (Wildman–Crippen MR) is 102 cm³/mol. The molecule has 1 aromatic heterocycles. The van der Waals surface area contributed by atoms with Crippen molar-refractivity contribution in [1.29, 1.82) is 0 Å². The summed E-state index contributed by atoms with van der Waals surface area (Å²) >= 11 is 0. The molecular formula is C20H26N4O2. The molecule has 6 nitrogen and oxygen atoms in total. The van der Waals surface area contributed by atoms with Gasteiger partial charge in [-0.05, 0) is 30.9 Å². The normalized spacial score (nSPS) is 14.0. The fourth-order valence-electron chi connectivity index (χ4n) is 2.53. The monoisotopic (exact) mass is 354 g/mol. The fourth-order valence-corrected chi connectivity index (χ4v) is 2.53. The Labute approximate surface area is 154 Å². The van der Waals surface area contributed by atoms with Gasteiger partial charge in [-0.3, -0.25) is 4.99 Å². The minimum Gasteiger partial charge on any atom is -0.493 e. The standard InChI is InChI=1S/C20H26N4O2/c1-21-20(23-13-17-7-5-9-19(24-17)25-2)22-12-16-6-3-4-8-18(16)26-14-15-10-11-15/h3-9,15H,10-14H2,1-2H3,(H2,21,22,23). The second-order valence-corrected chi connectivity index (χ2v) is 6.31. The van der Waals surface area contributed by atoms with E-state index in [0.29, 0.717) is 24.9 Å². The van der Waals surface area contributed by atoms with Gasteiger partial charge in [-0.25, -0.2) is 4.98 Å². The van der Waals surface area contributed by atoms with Crippen LogP contribution in [0.15, 0.2) is 47.5 Å². The van der Waals surface area contributed by atoms with E-state index in [-0.39, 0.29) is 0 Å². The zero-order valence-corrected chi connectivity index (χ0v) is 15.4. The van der Waals surface area contributed by atoms with Crippen molar-refractivity contribution in [2.45, 2.75) is 25.9 Å². The quantitative estimate of drug-likeness (QED) is 0.564. The number of guanidine groups is 1. The van der Waals surface area contributed by atoms with Crippen LogP contribution in [0.25, 0.3) is 0 Å². The number of aliphatic imine (C=N–C) groups is 1. The molecule has 0 unspecified atom stereocenters. The number of nitrogens with zero attached hydrogens (tertiary/aromatic N) is 2. The SMILES string of the molecule is CN=C(NCc1cccc(OC)n1)NCc1ccccc1OCC1CC1. The number of pyridine rings is 1. The number of ether oxygens (including phenoxy) is 2. The van der Waals surface area contributed by atoms with Crippen LogP contribution in [-0.2, 0) is 13.1 Å². The Morgan fingerprint density at radius 3 is 2.69 bits per heavy atom. The van der Waals surface area contributed by atoms with Crippen LogP contribution in [0.4, 0.5) is 0 Å². The maximum Gasteiger partial charge on any atom is 0.213 e.